The van der Waals surface area contributed by atoms with E-state index in [4.69, 9.17) is 21.1 Å². The molecule has 1 aliphatic carbocycles. The molecule has 0 spiro atoms. The number of carbonyl (C=O) groups excluding carboxylic acids is 3. The summed E-state index contributed by atoms with van der Waals surface area (Å²) in [5, 5.41) is 5.51. The van der Waals surface area contributed by atoms with E-state index < -0.39 is 24.0 Å². The Bertz CT molecular complexity index is 693. The summed E-state index contributed by atoms with van der Waals surface area (Å²) in [6.45, 7) is 4.68. The number of aryl methyl sites for hydroxylation is 2. The lowest BCUT2D eigenvalue weighted by molar-refractivity contribution is -0.156. The first kappa shape index (κ1) is 21.0. The van der Waals surface area contributed by atoms with Crippen LogP contribution in [0.4, 0.5) is 4.79 Å². The third-order valence-corrected chi connectivity index (χ3v) is 4.58. The monoisotopic (exact) mass is 396 g/mol. The standard InChI is InChI=1S/C19H25ClN2O5/c1-11-8-14(20)9-12(2)17(11)26-10-16(23)27-13(3)18(24)22-19(25)21-15-6-4-5-7-15/h8-9,13,15H,4-7,10H2,1-3H3,(H2,21,22,24,25)/t13-/m0/s1. The molecule has 1 atom stereocenters. The molecule has 0 unspecified atom stereocenters. The van der Waals surface area contributed by atoms with Crippen molar-refractivity contribution in [3.8, 4) is 5.75 Å². The molecule has 0 bridgehead atoms. The van der Waals surface area contributed by atoms with Crippen molar-refractivity contribution in [2.45, 2.75) is 58.6 Å². The molecular weight excluding hydrogens is 372 g/mol. The third-order valence-electron chi connectivity index (χ3n) is 4.36. The van der Waals surface area contributed by atoms with Gasteiger partial charge in [-0.2, -0.15) is 0 Å². The number of halogens is 1. The highest BCUT2D eigenvalue weighted by atomic mass is 35.5. The van der Waals surface area contributed by atoms with Crippen molar-refractivity contribution in [3.05, 3.63) is 28.3 Å². The Hall–Kier alpha value is -2.28. The van der Waals surface area contributed by atoms with Crippen LogP contribution in [0.1, 0.15) is 43.7 Å². The number of hydrogen-bond donors (Lipinski definition) is 2. The summed E-state index contributed by atoms with van der Waals surface area (Å²) in [7, 11) is 0. The van der Waals surface area contributed by atoms with Gasteiger partial charge >= 0.3 is 12.0 Å². The Balaban J connectivity index is 1.77. The van der Waals surface area contributed by atoms with Gasteiger partial charge in [0.1, 0.15) is 5.75 Å². The number of hydrogen-bond acceptors (Lipinski definition) is 5. The first-order valence-corrected chi connectivity index (χ1v) is 9.34. The SMILES string of the molecule is Cc1cc(Cl)cc(C)c1OCC(=O)O[C@@H](C)C(=O)NC(=O)NC1CCCC1. The number of esters is 1. The van der Waals surface area contributed by atoms with E-state index in [0.29, 0.717) is 10.8 Å². The zero-order valence-electron chi connectivity index (χ0n) is 15.8. The lowest BCUT2D eigenvalue weighted by Gasteiger charge is -2.16. The number of imide groups is 1. The molecule has 3 amide bonds. The molecule has 2 N–H and O–H groups in total. The van der Waals surface area contributed by atoms with Crippen LogP contribution in [0, 0.1) is 13.8 Å². The predicted octanol–water partition coefficient (Wildman–Crippen LogP) is 3.04. The molecule has 0 heterocycles. The van der Waals surface area contributed by atoms with Gasteiger partial charge in [0.2, 0.25) is 0 Å². The fourth-order valence-corrected chi connectivity index (χ4v) is 3.37. The topological polar surface area (TPSA) is 93.7 Å². The number of rotatable bonds is 6. The van der Waals surface area contributed by atoms with Gasteiger partial charge in [-0.3, -0.25) is 10.1 Å². The Labute approximate surface area is 163 Å². The predicted molar refractivity (Wildman–Crippen MR) is 101 cm³/mol. The smallest absolute Gasteiger partial charge is 0.344 e. The second-order valence-corrected chi connectivity index (χ2v) is 7.17. The molecule has 0 aromatic heterocycles. The van der Waals surface area contributed by atoms with E-state index in [9.17, 15) is 14.4 Å². The molecule has 0 aliphatic heterocycles. The quantitative estimate of drug-likeness (QED) is 0.721. The van der Waals surface area contributed by atoms with Crippen molar-refractivity contribution >= 4 is 29.5 Å². The third kappa shape index (κ3) is 6.43. The molecule has 1 fully saturated rings. The Morgan fingerprint density at radius 1 is 1.19 bits per heavy atom. The van der Waals surface area contributed by atoms with Gasteiger partial charge in [-0.15, -0.1) is 0 Å². The Kier molecular flexibility index (Phi) is 7.47. The van der Waals surface area contributed by atoms with Gasteiger partial charge in [0.15, 0.2) is 12.7 Å². The Morgan fingerprint density at radius 3 is 2.37 bits per heavy atom. The number of urea groups is 1. The van der Waals surface area contributed by atoms with E-state index in [0.717, 1.165) is 36.8 Å². The number of carbonyl (C=O) groups is 3. The van der Waals surface area contributed by atoms with Crippen LogP contribution in [-0.2, 0) is 14.3 Å². The van der Waals surface area contributed by atoms with Crippen molar-refractivity contribution in [2.24, 2.45) is 0 Å². The highest BCUT2D eigenvalue weighted by Crippen LogP contribution is 2.27. The molecule has 1 aliphatic rings. The molecule has 27 heavy (non-hydrogen) atoms. The van der Waals surface area contributed by atoms with Crippen LogP contribution >= 0.6 is 11.6 Å². The molecule has 1 saturated carbocycles. The van der Waals surface area contributed by atoms with Crippen LogP contribution in [0.5, 0.6) is 5.75 Å². The summed E-state index contributed by atoms with van der Waals surface area (Å²) in [4.78, 5) is 35.7. The maximum atomic E-state index is 12.0. The van der Waals surface area contributed by atoms with Gasteiger partial charge in [0.25, 0.3) is 5.91 Å². The fraction of sp³-hybridized carbons (Fsp3) is 0.526. The van der Waals surface area contributed by atoms with Crippen LogP contribution in [0.15, 0.2) is 12.1 Å². The second kappa shape index (κ2) is 9.60. The molecule has 148 valence electrons. The lowest BCUT2D eigenvalue weighted by Crippen LogP contribution is -2.47. The van der Waals surface area contributed by atoms with E-state index in [1.54, 1.807) is 12.1 Å². The number of nitrogens with one attached hydrogen (secondary N) is 2. The van der Waals surface area contributed by atoms with Crippen LogP contribution in [0.2, 0.25) is 5.02 Å². The van der Waals surface area contributed by atoms with Crippen LogP contribution in [-0.4, -0.2) is 36.7 Å². The molecule has 0 saturated heterocycles. The molecule has 1 aromatic rings. The average molecular weight is 397 g/mol. The van der Waals surface area contributed by atoms with E-state index in [-0.39, 0.29) is 12.6 Å². The van der Waals surface area contributed by atoms with Crippen molar-refractivity contribution in [1.29, 1.82) is 0 Å². The number of ether oxygens (including phenoxy) is 2. The summed E-state index contributed by atoms with van der Waals surface area (Å²) >= 11 is 5.96. The van der Waals surface area contributed by atoms with Gasteiger partial charge in [-0.1, -0.05) is 24.4 Å². The summed E-state index contributed by atoms with van der Waals surface area (Å²) < 4.78 is 10.5. The minimum absolute atomic E-state index is 0.0925. The highest BCUT2D eigenvalue weighted by molar-refractivity contribution is 6.30. The van der Waals surface area contributed by atoms with Crippen LogP contribution in [0.25, 0.3) is 0 Å². The lowest BCUT2D eigenvalue weighted by atomic mass is 10.1. The van der Waals surface area contributed by atoms with Gasteiger partial charge in [-0.05, 0) is 56.9 Å². The molecular formula is C19H25ClN2O5. The van der Waals surface area contributed by atoms with Crippen molar-refractivity contribution in [3.63, 3.8) is 0 Å². The Morgan fingerprint density at radius 2 is 1.78 bits per heavy atom. The maximum absolute atomic E-state index is 12.0. The minimum atomic E-state index is -1.11. The molecule has 0 radical (unpaired) electrons. The zero-order valence-corrected chi connectivity index (χ0v) is 16.5. The minimum Gasteiger partial charge on any atom is -0.481 e. The van der Waals surface area contributed by atoms with Crippen molar-refractivity contribution in [2.75, 3.05) is 6.61 Å². The molecule has 8 heteroatoms. The van der Waals surface area contributed by atoms with E-state index in [1.165, 1.54) is 6.92 Å². The highest BCUT2D eigenvalue weighted by Gasteiger charge is 2.23. The second-order valence-electron chi connectivity index (χ2n) is 6.73. The summed E-state index contributed by atoms with van der Waals surface area (Å²) in [5.41, 5.74) is 1.59. The first-order chi connectivity index (χ1) is 12.8. The first-order valence-electron chi connectivity index (χ1n) is 8.96. The zero-order chi connectivity index (χ0) is 20.0. The van der Waals surface area contributed by atoms with E-state index >= 15 is 0 Å². The van der Waals surface area contributed by atoms with Gasteiger partial charge in [0.05, 0.1) is 0 Å². The van der Waals surface area contributed by atoms with Crippen LogP contribution in [0.3, 0.4) is 0 Å². The van der Waals surface area contributed by atoms with Crippen LogP contribution < -0.4 is 15.4 Å². The van der Waals surface area contributed by atoms with Crippen molar-refractivity contribution in [1.82, 2.24) is 10.6 Å². The average Bonchev–Trinajstić information content (AvgIpc) is 3.06. The summed E-state index contributed by atoms with van der Waals surface area (Å²) in [5.74, 6) is -0.843. The summed E-state index contributed by atoms with van der Waals surface area (Å²) in [6, 6.07) is 2.98. The van der Waals surface area contributed by atoms with Gasteiger partial charge < -0.3 is 14.8 Å². The van der Waals surface area contributed by atoms with Crippen molar-refractivity contribution < 1.29 is 23.9 Å². The van der Waals surface area contributed by atoms with E-state index in [1.807, 2.05) is 13.8 Å². The molecule has 2 rings (SSSR count). The summed E-state index contributed by atoms with van der Waals surface area (Å²) in [6.07, 6.45) is 2.85. The fourth-order valence-electron chi connectivity index (χ4n) is 3.05. The normalized spacial score (nSPS) is 15.1. The number of benzene rings is 1. The molecule has 1 aromatic carbocycles. The largest absolute Gasteiger partial charge is 0.481 e. The van der Waals surface area contributed by atoms with Gasteiger partial charge in [-0.25, -0.2) is 9.59 Å². The van der Waals surface area contributed by atoms with E-state index in [2.05, 4.69) is 10.6 Å². The molecule has 7 nitrogen and oxygen atoms in total. The maximum Gasteiger partial charge on any atom is 0.344 e. The van der Waals surface area contributed by atoms with Gasteiger partial charge in [0, 0.05) is 11.1 Å². The number of amides is 3.